The normalized spacial score (nSPS) is 16.8. The molecule has 1 unspecified atom stereocenters. The van der Waals surface area contributed by atoms with Gasteiger partial charge in [-0.3, -0.25) is 18.8 Å². The number of hydrogen-bond donors (Lipinski definition) is 1. The molecule has 8 heteroatoms. The number of rotatable bonds is 7. The summed E-state index contributed by atoms with van der Waals surface area (Å²) in [5, 5.41) is 0. The van der Waals surface area contributed by atoms with Crippen molar-refractivity contribution in [3.63, 3.8) is 0 Å². The third kappa shape index (κ3) is 4.73. The minimum absolute atomic E-state index is 0.165. The first-order valence-corrected chi connectivity index (χ1v) is 13.2. The van der Waals surface area contributed by atoms with Gasteiger partial charge in [0, 0.05) is 39.3 Å². The molecule has 4 aromatic rings. The minimum Gasteiger partial charge on any atom is -0.337 e. The molecule has 0 radical (unpaired) electrons. The monoisotopic (exact) mass is 500 g/mol. The number of anilines is 1. The number of hydrogen-bond acceptors (Lipinski definition) is 5. The Kier molecular flexibility index (Phi) is 7.02. The number of aromatic nitrogens is 4. The minimum atomic E-state index is -0.335. The maximum absolute atomic E-state index is 12.9. The van der Waals surface area contributed by atoms with Crippen molar-refractivity contribution in [3.05, 3.63) is 92.6 Å². The van der Waals surface area contributed by atoms with Crippen LogP contribution < -0.4 is 16.1 Å². The SMILES string of the molecule is CCC1CN(C(c2ccccc2)c2ccccc2)CCN1c1nc2c([nH]1)c(=O)n(C)c(=O)n2CC(C)C. The number of H-pyrrole nitrogens is 1. The predicted molar refractivity (Wildman–Crippen MR) is 148 cm³/mol. The van der Waals surface area contributed by atoms with Crippen LogP contribution in [0.1, 0.15) is 44.4 Å². The Labute approximate surface area is 217 Å². The maximum Gasteiger partial charge on any atom is 0.332 e. The highest BCUT2D eigenvalue weighted by molar-refractivity contribution is 5.73. The maximum atomic E-state index is 12.9. The summed E-state index contributed by atoms with van der Waals surface area (Å²) in [6.07, 6.45) is 0.931. The van der Waals surface area contributed by atoms with E-state index in [1.54, 1.807) is 4.57 Å². The molecule has 2 aromatic carbocycles. The van der Waals surface area contributed by atoms with Crippen molar-refractivity contribution in [3.8, 4) is 0 Å². The topological polar surface area (TPSA) is 79.2 Å². The summed E-state index contributed by atoms with van der Waals surface area (Å²) >= 11 is 0. The molecule has 2 aromatic heterocycles. The van der Waals surface area contributed by atoms with E-state index < -0.39 is 0 Å². The fraction of sp³-hybridized carbons (Fsp3) is 0.414. The van der Waals surface area contributed by atoms with E-state index in [1.807, 2.05) is 0 Å². The van der Waals surface area contributed by atoms with Gasteiger partial charge in [-0.25, -0.2) is 4.79 Å². The van der Waals surface area contributed by atoms with Crippen molar-refractivity contribution in [1.29, 1.82) is 0 Å². The van der Waals surface area contributed by atoms with Crippen LogP contribution in [0.2, 0.25) is 0 Å². The van der Waals surface area contributed by atoms with Crippen LogP contribution in [0.4, 0.5) is 5.95 Å². The summed E-state index contributed by atoms with van der Waals surface area (Å²) in [6.45, 7) is 9.28. The van der Waals surface area contributed by atoms with Gasteiger partial charge in [-0.15, -0.1) is 0 Å². The molecule has 3 heterocycles. The molecule has 5 rings (SSSR count). The van der Waals surface area contributed by atoms with Crippen molar-refractivity contribution >= 4 is 17.1 Å². The van der Waals surface area contributed by atoms with E-state index in [9.17, 15) is 9.59 Å². The number of nitrogens with zero attached hydrogens (tertiary/aromatic N) is 5. The van der Waals surface area contributed by atoms with Gasteiger partial charge in [0.05, 0.1) is 6.04 Å². The van der Waals surface area contributed by atoms with E-state index >= 15 is 0 Å². The Balaban J connectivity index is 1.50. The first-order chi connectivity index (χ1) is 17.9. The standard InChI is InChI=1S/C29H36N6O2/c1-5-23-19-33(25(21-12-8-6-9-13-21)22-14-10-7-11-15-22)16-17-34(23)28-30-24-26(31-28)35(18-20(2)3)29(37)32(4)27(24)36/h6-15,20,23,25H,5,16-19H2,1-4H3,(H,30,31). The van der Waals surface area contributed by atoms with Crippen molar-refractivity contribution in [2.75, 3.05) is 24.5 Å². The second-order valence-corrected chi connectivity index (χ2v) is 10.4. The molecule has 8 nitrogen and oxygen atoms in total. The van der Waals surface area contributed by atoms with Crippen LogP contribution in [0.15, 0.2) is 70.3 Å². The lowest BCUT2D eigenvalue weighted by Crippen LogP contribution is -2.54. The first kappa shape index (κ1) is 25.0. The summed E-state index contributed by atoms with van der Waals surface area (Å²) in [5.41, 5.74) is 2.74. The number of nitrogens with one attached hydrogen (secondary N) is 1. The number of imidazole rings is 1. The highest BCUT2D eigenvalue weighted by Crippen LogP contribution is 2.32. The molecule has 0 bridgehead atoms. The van der Waals surface area contributed by atoms with Crippen LogP contribution in [-0.2, 0) is 13.6 Å². The van der Waals surface area contributed by atoms with Crippen LogP contribution >= 0.6 is 0 Å². The van der Waals surface area contributed by atoms with E-state index in [0.717, 1.165) is 26.1 Å². The van der Waals surface area contributed by atoms with Gasteiger partial charge in [-0.2, -0.15) is 4.98 Å². The Morgan fingerprint density at radius 3 is 2.16 bits per heavy atom. The van der Waals surface area contributed by atoms with E-state index in [-0.39, 0.29) is 29.3 Å². The zero-order chi connectivity index (χ0) is 26.1. The molecule has 37 heavy (non-hydrogen) atoms. The highest BCUT2D eigenvalue weighted by Gasteiger charge is 2.33. The predicted octanol–water partition coefficient (Wildman–Crippen LogP) is 3.77. The molecule has 0 amide bonds. The Morgan fingerprint density at radius 1 is 0.973 bits per heavy atom. The summed E-state index contributed by atoms with van der Waals surface area (Å²) in [4.78, 5) is 38.8. The first-order valence-electron chi connectivity index (χ1n) is 13.2. The van der Waals surface area contributed by atoms with Crippen LogP contribution in [0, 0.1) is 5.92 Å². The van der Waals surface area contributed by atoms with Crippen LogP contribution in [-0.4, -0.2) is 49.7 Å². The van der Waals surface area contributed by atoms with Crippen LogP contribution in [0.5, 0.6) is 0 Å². The summed E-state index contributed by atoms with van der Waals surface area (Å²) in [6, 6.07) is 21.7. The highest BCUT2D eigenvalue weighted by atomic mass is 16.2. The molecular formula is C29H36N6O2. The van der Waals surface area contributed by atoms with Gasteiger partial charge in [-0.05, 0) is 23.5 Å². The zero-order valence-electron chi connectivity index (χ0n) is 22.1. The van der Waals surface area contributed by atoms with Gasteiger partial charge >= 0.3 is 5.69 Å². The molecule has 1 N–H and O–H groups in total. The molecular weight excluding hydrogens is 464 g/mol. The fourth-order valence-electron chi connectivity index (χ4n) is 5.52. The van der Waals surface area contributed by atoms with Gasteiger partial charge < -0.3 is 9.88 Å². The Bertz CT molecular complexity index is 1430. The van der Waals surface area contributed by atoms with Gasteiger partial charge in [-0.1, -0.05) is 81.4 Å². The van der Waals surface area contributed by atoms with Gasteiger partial charge in [0.2, 0.25) is 5.95 Å². The molecule has 1 atom stereocenters. The largest absolute Gasteiger partial charge is 0.337 e. The molecule has 1 aliphatic rings. The average molecular weight is 501 g/mol. The van der Waals surface area contributed by atoms with Crippen molar-refractivity contribution in [1.82, 2.24) is 24.0 Å². The average Bonchev–Trinajstić information content (AvgIpc) is 3.36. The number of aromatic amines is 1. The third-order valence-electron chi connectivity index (χ3n) is 7.37. The summed E-state index contributed by atoms with van der Waals surface area (Å²) in [7, 11) is 1.53. The second kappa shape index (κ2) is 10.4. The Hall–Kier alpha value is -3.65. The smallest absolute Gasteiger partial charge is 0.332 e. The van der Waals surface area contributed by atoms with Crippen molar-refractivity contribution < 1.29 is 0 Å². The van der Waals surface area contributed by atoms with E-state index in [1.165, 1.54) is 22.7 Å². The molecule has 0 spiro atoms. The zero-order valence-corrected chi connectivity index (χ0v) is 22.1. The van der Waals surface area contributed by atoms with E-state index in [0.29, 0.717) is 23.7 Å². The van der Waals surface area contributed by atoms with Gasteiger partial charge in [0.25, 0.3) is 5.56 Å². The summed E-state index contributed by atoms with van der Waals surface area (Å²) < 4.78 is 2.80. The number of piperazine rings is 1. The lowest BCUT2D eigenvalue weighted by molar-refractivity contribution is 0.180. The van der Waals surface area contributed by atoms with Crippen molar-refractivity contribution in [2.24, 2.45) is 13.0 Å². The number of benzene rings is 2. The van der Waals surface area contributed by atoms with Crippen LogP contribution in [0.3, 0.4) is 0 Å². The molecule has 0 aliphatic carbocycles. The second-order valence-electron chi connectivity index (χ2n) is 10.4. The Morgan fingerprint density at radius 2 is 1.59 bits per heavy atom. The lowest BCUT2D eigenvalue weighted by Gasteiger charge is -2.44. The molecule has 0 saturated carbocycles. The van der Waals surface area contributed by atoms with Crippen LogP contribution in [0.25, 0.3) is 11.2 Å². The van der Waals surface area contributed by atoms with Crippen molar-refractivity contribution in [2.45, 2.75) is 45.8 Å². The molecule has 1 aliphatic heterocycles. The quantitative estimate of drug-likeness (QED) is 0.418. The molecule has 194 valence electrons. The van der Waals surface area contributed by atoms with Gasteiger partial charge in [0.15, 0.2) is 11.2 Å². The molecule has 1 saturated heterocycles. The summed E-state index contributed by atoms with van der Waals surface area (Å²) in [5.74, 6) is 0.913. The lowest BCUT2D eigenvalue weighted by atomic mass is 9.95. The van der Waals surface area contributed by atoms with E-state index in [2.05, 4.69) is 96.2 Å². The number of fused-ring (bicyclic) bond motifs is 1. The fourth-order valence-corrected chi connectivity index (χ4v) is 5.52. The molecule has 1 fully saturated rings. The van der Waals surface area contributed by atoms with E-state index in [4.69, 9.17) is 4.98 Å². The van der Waals surface area contributed by atoms with Gasteiger partial charge in [0.1, 0.15) is 0 Å². The third-order valence-corrected chi connectivity index (χ3v) is 7.37.